The Morgan fingerprint density at radius 2 is 1.78 bits per heavy atom. The van der Waals surface area contributed by atoms with Gasteiger partial charge >= 0.3 is 0 Å². The zero-order valence-electron chi connectivity index (χ0n) is 19.5. The summed E-state index contributed by atoms with van der Waals surface area (Å²) in [5.41, 5.74) is 3.36. The highest BCUT2D eigenvalue weighted by Crippen LogP contribution is 2.39. The van der Waals surface area contributed by atoms with Crippen molar-refractivity contribution in [3.63, 3.8) is 0 Å². The van der Waals surface area contributed by atoms with Gasteiger partial charge in [-0.2, -0.15) is 0 Å². The lowest BCUT2D eigenvalue weighted by molar-refractivity contribution is -0.140. The number of amides is 1. The Balaban J connectivity index is 2.09. The lowest BCUT2D eigenvalue weighted by atomic mass is 9.94. The first-order chi connectivity index (χ1) is 15.2. The molecule has 0 radical (unpaired) electrons. The molecule has 0 aromatic heterocycles. The molecule has 6 nitrogen and oxygen atoms in total. The SMILES string of the molecule is CCCOc1ccc(C(O)=C2C(=O)C(=O)N(CCN(C)C)C2c2ccc(C)cc2)cc1C. The van der Waals surface area contributed by atoms with Crippen molar-refractivity contribution in [1.29, 1.82) is 0 Å². The van der Waals surface area contributed by atoms with Crippen LogP contribution in [0.5, 0.6) is 5.75 Å². The Morgan fingerprint density at radius 1 is 1.09 bits per heavy atom. The Hall–Kier alpha value is -3.12. The van der Waals surface area contributed by atoms with E-state index in [4.69, 9.17) is 4.74 Å². The van der Waals surface area contributed by atoms with Gasteiger partial charge in [-0.25, -0.2) is 0 Å². The molecule has 3 rings (SSSR count). The zero-order chi connectivity index (χ0) is 23.4. The second-order valence-corrected chi connectivity index (χ2v) is 8.54. The minimum atomic E-state index is -0.657. The van der Waals surface area contributed by atoms with Crippen molar-refractivity contribution < 1.29 is 19.4 Å². The Labute approximate surface area is 190 Å². The van der Waals surface area contributed by atoms with Crippen LogP contribution in [0.2, 0.25) is 0 Å². The van der Waals surface area contributed by atoms with E-state index >= 15 is 0 Å². The van der Waals surface area contributed by atoms with Gasteiger partial charge in [-0.1, -0.05) is 36.8 Å². The highest BCUT2D eigenvalue weighted by Gasteiger charge is 2.45. The van der Waals surface area contributed by atoms with Crippen LogP contribution < -0.4 is 4.74 Å². The number of carbonyl (C=O) groups excluding carboxylic acids is 2. The average Bonchev–Trinajstić information content (AvgIpc) is 3.01. The third kappa shape index (κ3) is 4.86. The molecule has 0 bridgehead atoms. The number of aliphatic hydroxyl groups is 1. The van der Waals surface area contributed by atoms with Crippen molar-refractivity contribution in [3.05, 3.63) is 70.3 Å². The van der Waals surface area contributed by atoms with Gasteiger partial charge in [-0.3, -0.25) is 9.59 Å². The zero-order valence-corrected chi connectivity index (χ0v) is 19.5. The van der Waals surface area contributed by atoms with E-state index in [-0.39, 0.29) is 11.3 Å². The summed E-state index contributed by atoms with van der Waals surface area (Å²) in [5, 5.41) is 11.2. The van der Waals surface area contributed by atoms with E-state index in [1.165, 1.54) is 0 Å². The molecule has 2 aromatic carbocycles. The number of Topliss-reactive ketones (excluding diaryl/α,β-unsaturated/α-hetero) is 1. The number of likely N-dealkylation sites (N-methyl/N-ethyl adjacent to an activating group) is 1. The third-order valence-electron chi connectivity index (χ3n) is 5.63. The smallest absolute Gasteiger partial charge is 0.295 e. The highest BCUT2D eigenvalue weighted by atomic mass is 16.5. The van der Waals surface area contributed by atoms with Gasteiger partial charge in [0.05, 0.1) is 18.2 Å². The predicted octanol–water partition coefficient (Wildman–Crippen LogP) is 4.08. The first kappa shape index (κ1) is 23.5. The number of benzene rings is 2. The van der Waals surface area contributed by atoms with E-state index in [0.717, 1.165) is 28.9 Å². The Morgan fingerprint density at radius 3 is 2.38 bits per heavy atom. The van der Waals surface area contributed by atoms with Gasteiger partial charge in [0.15, 0.2) is 0 Å². The summed E-state index contributed by atoms with van der Waals surface area (Å²) >= 11 is 0. The van der Waals surface area contributed by atoms with Gasteiger partial charge < -0.3 is 19.6 Å². The Kier molecular flexibility index (Phi) is 7.36. The number of likely N-dealkylation sites (tertiary alicyclic amines) is 1. The Bertz CT molecular complexity index is 1020. The van der Waals surface area contributed by atoms with Crippen LogP contribution in [0.15, 0.2) is 48.0 Å². The summed E-state index contributed by atoms with van der Waals surface area (Å²) in [5.74, 6) is -0.661. The van der Waals surface area contributed by atoms with Crippen molar-refractivity contribution in [2.45, 2.75) is 33.2 Å². The monoisotopic (exact) mass is 436 g/mol. The molecule has 1 saturated heterocycles. The molecule has 1 heterocycles. The number of aryl methyl sites for hydroxylation is 2. The molecular weight excluding hydrogens is 404 g/mol. The lowest BCUT2D eigenvalue weighted by Gasteiger charge is -2.26. The third-order valence-corrected chi connectivity index (χ3v) is 5.63. The number of carbonyl (C=O) groups is 2. The summed E-state index contributed by atoms with van der Waals surface area (Å²) in [6, 6.07) is 12.4. The van der Waals surface area contributed by atoms with Gasteiger partial charge in [-0.15, -0.1) is 0 Å². The van der Waals surface area contributed by atoms with Gasteiger partial charge in [-0.05, 0) is 63.7 Å². The molecule has 6 heteroatoms. The molecule has 1 atom stereocenters. The summed E-state index contributed by atoms with van der Waals surface area (Å²) in [6.07, 6.45) is 0.897. The number of aliphatic hydroxyl groups excluding tert-OH is 1. The molecule has 170 valence electrons. The highest BCUT2D eigenvalue weighted by molar-refractivity contribution is 6.46. The molecule has 1 fully saturated rings. The van der Waals surface area contributed by atoms with Crippen LogP contribution in [-0.2, 0) is 9.59 Å². The minimum Gasteiger partial charge on any atom is -0.507 e. The lowest BCUT2D eigenvalue weighted by Crippen LogP contribution is -2.35. The fraction of sp³-hybridized carbons (Fsp3) is 0.385. The van der Waals surface area contributed by atoms with E-state index in [2.05, 4.69) is 0 Å². The van der Waals surface area contributed by atoms with Crippen LogP contribution in [0.4, 0.5) is 0 Å². The molecule has 0 spiro atoms. The molecule has 1 aliphatic rings. The molecular formula is C26H32N2O4. The maximum atomic E-state index is 13.1. The molecule has 0 aliphatic carbocycles. The van der Waals surface area contributed by atoms with E-state index in [9.17, 15) is 14.7 Å². The van der Waals surface area contributed by atoms with Crippen molar-refractivity contribution in [3.8, 4) is 5.75 Å². The number of ether oxygens (including phenoxy) is 1. The van der Waals surface area contributed by atoms with Crippen molar-refractivity contribution in [2.75, 3.05) is 33.8 Å². The predicted molar refractivity (Wildman–Crippen MR) is 126 cm³/mol. The number of hydrogen-bond acceptors (Lipinski definition) is 5. The van der Waals surface area contributed by atoms with E-state index < -0.39 is 17.7 Å². The number of nitrogens with zero attached hydrogens (tertiary/aromatic N) is 2. The largest absolute Gasteiger partial charge is 0.507 e. The van der Waals surface area contributed by atoms with Crippen LogP contribution in [0, 0.1) is 13.8 Å². The first-order valence-electron chi connectivity index (χ1n) is 11.0. The van der Waals surface area contributed by atoms with E-state index in [0.29, 0.717) is 25.3 Å². The maximum absolute atomic E-state index is 13.1. The van der Waals surface area contributed by atoms with E-state index in [1.54, 1.807) is 23.1 Å². The quantitative estimate of drug-likeness (QED) is 0.384. The molecule has 1 aliphatic heterocycles. The van der Waals surface area contributed by atoms with Crippen LogP contribution in [0.3, 0.4) is 0 Å². The number of ketones is 1. The number of hydrogen-bond donors (Lipinski definition) is 1. The summed E-state index contributed by atoms with van der Waals surface area (Å²) < 4.78 is 5.73. The molecule has 1 unspecified atom stereocenters. The normalized spacial score (nSPS) is 17.9. The molecule has 1 amide bonds. The summed E-state index contributed by atoms with van der Waals surface area (Å²) in [7, 11) is 3.84. The fourth-order valence-corrected chi connectivity index (χ4v) is 3.84. The van der Waals surface area contributed by atoms with Crippen molar-refractivity contribution in [2.24, 2.45) is 0 Å². The standard InChI is InChI=1S/C26H32N2O4/c1-6-15-32-21-12-11-20(16-18(21)3)24(29)22-23(19-9-7-17(2)8-10-19)28(14-13-27(4)5)26(31)25(22)30/h7-12,16,23,29H,6,13-15H2,1-5H3. The van der Waals surface area contributed by atoms with Gasteiger partial charge in [0, 0.05) is 18.7 Å². The maximum Gasteiger partial charge on any atom is 0.295 e. The fourth-order valence-electron chi connectivity index (χ4n) is 3.84. The molecule has 1 N–H and O–H groups in total. The average molecular weight is 437 g/mol. The van der Waals surface area contributed by atoms with Crippen LogP contribution in [0.25, 0.3) is 5.76 Å². The van der Waals surface area contributed by atoms with E-state index in [1.807, 2.05) is 64.0 Å². The molecule has 2 aromatic rings. The second kappa shape index (κ2) is 10.0. The molecule has 0 saturated carbocycles. The van der Waals surface area contributed by atoms with Crippen molar-refractivity contribution in [1.82, 2.24) is 9.80 Å². The van der Waals surface area contributed by atoms with Crippen LogP contribution in [0.1, 0.15) is 41.6 Å². The van der Waals surface area contributed by atoms with Crippen molar-refractivity contribution >= 4 is 17.4 Å². The molecule has 32 heavy (non-hydrogen) atoms. The topological polar surface area (TPSA) is 70.1 Å². The number of rotatable bonds is 8. The van der Waals surface area contributed by atoms with Crippen LogP contribution in [-0.4, -0.2) is 60.4 Å². The summed E-state index contributed by atoms with van der Waals surface area (Å²) in [4.78, 5) is 29.5. The summed E-state index contributed by atoms with van der Waals surface area (Å²) in [6.45, 7) is 7.52. The minimum absolute atomic E-state index is 0.124. The van der Waals surface area contributed by atoms with Gasteiger partial charge in [0.25, 0.3) is 11.7 Å². The van der Waals surface area contributed by atoms with Crippen LogP contribution >= 0.6 is 0 Å². The second-order valence-electron chi connectivity index (χ2n) is 8.54. The van der Waals surface area contributed by atoms with Gasteiger partial charge in [0.2, 0.25) is 0 Å². The first-order valence-corrected chi connectivity index (χ1v) is 11.0. The van der Waals surface area contributed by atoms with Gasteiger partial charge in [0.1, 0.15) is 11.5 Å².